The predicted octanol–water partition coefficient (Wildman–Crippen LogP) is 5.79. The van der Waals surface area contributed by atoms with Crippen molar-refractivity contribution in [1.29, 1.82) is 0 Å². The molecule has 0 radical (unpaired) electrons. The Hall–Kier alpha value is -2.70. The largest absolute Gasteiger partial charge is 0.504 e. The van der Waals surface area contributed by atoms with Gasteiger partial charge in [0.05, 0.1) is 12.6 Å². The van der Waals surface area contributed by atoms with Crippen LogP contribution in [0.1, 0.15) is 86.4 Å². The van der Waals surface area contributed by atoms with Crippen LogP contribution in [-0.2, 0) is 25.9 Å². The van der Waals surface area contributed by atoms with Gasteiger partial charge in [0.15, 0.2) is 11.5 Å². The number of phenolic OH excluding ortho intramolecular Hbond substituents is 1. The van der Waals surface area contributed by atoms with Gasteiger partial charge in [-0.15, -0.1) is 0 Å². The number of likely N-dealkylation sites (N-methyl/N-ethyl adjacent to an activating group) is 1. The number of aromatic amines is 1. The van der Waals surface area contributed by atoms with Crippen molar-refractivity contribution in [1.82, 2.24) is 10.3 Å². The molecule has 4 N–H and O–H groups in total. The van der Waals surface area contributed by atoms with Crippen LogP contribution in [0, 0.1) is 0 Å². The van der Waals surface area contributed by atoms with E-state index in [2.05, 4.69) is 44.1 Å². The maximum Gasteiger partial charge on any atom is 0.161 e. The van der Waals surface area contributed by atoms with E-state index in [1.807, 2.05) is 24.4 Å². The SMILES string of the molecule is CCCCc1oc(CCc2ccc(O)c(OC[C@H](NCC)c3cc(C(C)C)c[nH]3)c2)cc1CO. The number of furan rings is 1. The molecule has 186 valence electrons. The zero-order valence-electron chi connectivity index (χ0n) is 21.0. The first-order chi connectivity index (χ1) is 16.4. The summed E-state index contributed by atoms with van der Waals surface area (Å²) in [4.78, 5) is 3.36. The van der Waals surface area contributed by atoms with E-state index in [1.54, 1.807) is 6.07 Å². The zero-order chi connectivity index (χ0) is 24.5. The number of hydrogen-bond donors (Lipinski definition) is 4. The van der Waals surface area contributed by atoms with Crippen molar-refractivity contribution in [2.75, 3.05) is 13.2 Å². The van der Waals surface area contributed by atoms with Crippen molar-refractivity contribution in [2.24, 2.45) is 0 Å². The fourth-order valence-corrected chi connectivity index (χ4v) is 4.07. The van der Waals surface area contributed by atoms with Crippen LogP contribution in [0.3, 0.4) is 0 Å². The van der Waals surface area contributed by atoms with Crippen LogP contribution in [0.15, 0.2) is 40.9 Å². The van der Waals surface area contributed by atoms with Gasteiger partial charge in [0.1, 0.15) is 18.1 Å². The van der Waals surface area contributed by atoms with Gasteiger partial charge >= 0.3 is 0 Å². The Labute approximate surface area is 203 Å². The molecule has 0 aliphatic rings. The molecule has 0 fully saturated rings. The van der Waals surface area contributed by atoms with Crippen molar-refractivity contribution < 1.29 is 19.4 Å². The number of unbranched alkanes of at least 4 members (excludes halogenated alkanes) is 1. The highest BCUT2D eigenvalue weighted by atomic mass is 16.5. The van der Waals surface area contributed by atoms with Crippen molar-refractivity contribution >= 4 is 0 Å². The Morgan fingerprint density at radius 3 is 2.59 bits per heavy atom. The molecule has 0 aliphatic heterocycles. The highest BCUT2D eigenvalue weighted by Gasteiger charge is 2.16. The molecule has 0 saturated heterocycles. The van der Waals surface area contributed by atoms with Crippen molar-refractivity contribution in [3.8, 4) is 11.5 Å². The minimum Gasteiger partial charge on any atom is -0.504 e. The number of phenols is 1. The predicted molar refractivity (Wildman–Crippen MR) is 136 cm³/mol. The van der Waals surface area contributed by atoms with Crippen molar-refractivity contribution in [3.05, 3.63) is 70.4 Å². The van der Waals surface area contributed by atoms with Gasteiger partial charge in [-0.2, -0.15) is 0 Å². The van der Waals surface area contributed by atoms with Gasteiger partial charge in [0.2, 0.25) is 0 Å². The number of rotatable bonds is 14. The summed E-state index contributed by atoms with van der Waals surface area (Å²) in [5.74, 6) is 2.85. The average Bonchev–Trinajstić information content (AvgIpc) is 3.47. The number of aromatic hydroxyl groups is 1. The number of aryl methyl sites for hydroxylation is 3. The summed E-state index contributed by atoms with van der Waals surface area (Å²) >= 11 is 0. The molecule has 3 aromatic rings. The van der Waals surface area contributed by atoms with E-state index in [1.165, 1.54) is 5.56 Å². The molecular weight excluding hydrogens is 428 g/mol. The standard InChI is InChI=1S/C28H40N2O4/c1-5-7-8-27-22(17-31)14-23(34-27)11-9-20-10-12-26(32)28(13-20)33-18-25(29-6-2)24-15-21(16-30-24)19(3)4/h10,12-16,19,25,29-32H,5-9,11,17-18H2,1-4H3/t25-/m0/s1. The lowest BCUT2D eigenvalue weighted by Crippen LogP contribution is -2.27. The molecule has 0 bridgehead atoms. The number of H-pyrrole nitrogens is 1. The fourth-order valence-electron chi connectivity index (χ4n) is 4.07. The van der Waals surface area contributed by atoms with E-state index in [9.17, 15) is 10.2 Å². The first kappa shape index (κ1) is 25.9. The molecule has 3 rings (SSSR count). The Morgan fingerprint density at radius 1 is 1.09 bits per heavy atom. The molecule has 0 aliphatic carbocycles. The second-order valence-corrected chi connectivity index (χ2v) is 9.19. The number of aromatic nitrogens is 1. The summed E-state index contributed by atoms with van der Waals surface area (Å²) < 4.78 is 12.1. The number of aliphatic hydroxyl groups excluding tert-OH is 1. The summed E-state index contributed by atoms with van der Waals surface area (Å²) in [5.41, 5.74) is 4.30. The summed E-state index contributed by atoms with van der Waals surface area (Å²) in [6.07, 6.45) is 6.53. The third kappa shape index (κ3) is 6.90. The molecular formula is C28H40N2O4. The van der Waals surface area contributed by atoms with Gasteiger partial charge in [-0.1, -0.05) is 40.2 Å². The maximum atomic E-state index is 10.4. The first-order valence-corrected chi connectivity index (χ1v) is 12.5. The Balaban J connectivity index is 1.64. The van der Waals surface area contributed by atoms with Gasteiger partial charge in [0, 0.05) is 30.3 Å². The lowest BCUT2D eigenvalue weighted by atomic mass is 10.1. The van der Waals surface area contributed by atoms with E-state index in [0.717, 1.165) is 67.0 Å². The van der Waals surface area contributed by atoms with Gasteiger partial charge in [-0.3, -0.25) is 0 Å². The molecule has 0 saturated carbocycles. The molecule has 34 heavy (non-hydrogen) atoms. The highest BCUT2D eigenvalue weighted by Crippen LogP contribution is 2.29. The van der Waals surface area contributed by atoms with Crippen LogP contribution in [0.5, 0.6) is 11.5 Å². The number of benzene rings is 1. The third-order valence-corrected chi connectivity index (χ3v) is 6.19. The first-order valence-electron chi connectivity index (χ1n) is 12.5. The third-order valence-electron chi connectivity index (χ3n) is 6.19. The summed E-state index contributed by atoms with van der Waals surface area (Å²) in [6, 6.07) is 9.65. The minimum absolute atomic E-state index is 0.00196. The van der Waals surface area contributed by atoms with E-state index in [4.69, 9.17) is 9.15 Å². The van der Waals surface area contributed by atoms with Gasteiger partial charge in [-0.25, -0.2) is 0 Å². The summed E-state index contributed by atoms with van der Waals surface area (Å²) in [5, 5.41) is 23.4. The molecule has 0 unspecified atom stereocenters. The van der Waals surface area contributed by atoms with Gasteiger partial charge in [0.25, 0.3) is 0 Å². The van der Waals surface area contributed by atoms with Crippen LogP contribution < -0.4 is 10.1 Å². The quantitative estimate of drug-likeness (QED) is 0.241. The molecule has 1 aromatic carbocycles. The highest BCUT2D eigenvalue weighted by molar-refractivity contribution is 5.42. The minimum atomic E-state index is 0.00196. The van der Waals surface area contributed by atoms with Crippen LogP contribution in [0.25, 0.3) is 0 Å². The fraction of sp³-hybridized carbons (Fsp3) is 0.500. The monoisotopic (exact) mass is 468 g/mol. The molecule has 2 aromatic heterocycles. The number of hydrogen-bond acceptors (Lipinski definition) is 5. The lowest BCUT2D eigenvalue weighted by molar-refractivity contribution is 0.255. The summed E-state index contributed by atoms with van der Waals surface area (Å²) in [6.45, 7) is 9.79. The topological polar surface area (TPSA) is 90.7 Å². The van der Waals surface area contributed by atoms with Gasteiger partial charge in [-0.05, 0) is 60.7 Å². The Bertz CT molecular complexity index is 1020. The molecule has 0 amide bonds. The molecule has 6 nitrogen and oxygen atoms in total. The smallest absolute Gasteiger partial charge is 0.161 e. The maximum absolute atomic E-state index is 10.4. The molecule has 6 heteroatoms. The van der Waals surface area contributed by atoms with E-state index in [0.29, 0.717) is 18.3 Å². The van der Waals surface area contributed by atoms with Crippen LogP contribution >= 0.6 is 0 Å². The van der Waals surface area contributed by atoms with Crippen molar-refractivity contribution in [3.63, 3.8) is 0 Å². The molecule has 2 heterocycles. The van der Waals surface area contributed by atoms with E-state index in [-0.39, 0.29) is 18.4 Å². The lowest BCUT2D eigenvalue weighted by Gasteiger charge is -2.18. The second-order valence-electron chi connectivity index (χ2n) is 9.19. The Kier molecular flexibility index (Phi) is 9.66. The normalized spacial score (nSPS) is 12.4. The number of ether oxygens (including phenoxy) is 1. The number of aliphatic hydroxyl groups is 1. The van der Waals surface area contributed by atoms with Crippen LogP contribution in [0.2, 0.25) is 0 Å². The van der Waals surface area contributed by atoms with Gasteiger partial charge < -0.3 is 29.7 Å². The molecule has 1 atom stereocenters. The zero-order valence-corrected chi connectivity index (χ0v) is 21.0. The number of nitrogens with one attached hydrogen (secondary N) is 2. The second kappa shape index (κ2) is 12.7. The van der Waals surface area contributed by atoms with Crippen molar-refractivity contribution in [2.45, 2.75) is 78.4 Å². The summed E-state index contributed by atoms with van der Waals surface area (Å²) in [7, 11) is 0. The average molecular weight is 469 g/mol. The van der Waals surface area contributed by atoms with E-state index < -0.39 is 0 Å². The van der Waals surface area contributed by atoms with Crippen LogP contribution in [0.4, 0.5) is 0 Å². The van der Waals surface area contributed by atoms with E-state index >= 15 is 0 Å². The Morgan fingerprint density at radius 2 is 1.91 bits per heavy atom. The molecule has 0 spiro atoms. The van der Waals surface area contributed by atoms with Crippen LogP contribution in [-0.4, -0.2) is 28.3 Å².